The summed E-state index contributed by atoms with van der Waals surface area (Å²) in [5.41, 5.74) is 9.80. The highest BCUT2D eigenvalue weighted by Crippen LogP contribution is 2.35. The number of carbonyl (C=O) groups excluding carboxylic acids is 1. The van der Waals surface area contributed by atoms with Crippen LogP contribution in [-0.4, -0.2) is 30.1 Å². The van der Waals surface area contributed by atoms with Crippen LogP contribution in [0.2, 0.25) is 0 Å². The van der Waals surface area contributed by atoms with Crippen LogP contribution in [0.25, 0.3) is 28.5 Å². The molecule has 1 fully saturated rings. The molecule has 0 aromatic carbocycles. The zero-order valence-corrected chi connectivity index (χ0v) is 15.3. The van der Waals surface area contributed by atoms with Gasteiger partial charge in [-0.15, -0.1) is 0 Å². The molecule has 5 rings (SSSR count). The van der Waals surface area contributed by atoms with E-state index in [0.717, 1.165) is 29.7 Å². The number of nitrogens with zero attached hydrogens (tertiary/aromatic N) is 5. The van der Waals surface area contributed by atoms with E-state index >= 15 is 0 Å². The van der Waals surface area contributed by atoms with E-state index in [-0.39, 0.29) is 17.3 Å². The summed E-state index contributed by atoms with van der Waals surface area (Å²) in [5, 5.41) is 0. The van der Waals surface area contributed by atoms with Crippen molar-refractivity contribution < 1.29 is 9.21 Å². The Labute approximate surface area is 160 Å². The summed E-state index contributed by atoms with van der Waals surface area (Å²) >= 11 is 0. The van der Waals surface area contributed by atoms with Crippen molar-refractivity contribution in [3.05, 3.63) is 48.4 Å². The Bertz CT molecular complexity index is 1190. The van der Waals surface area contributed by atoms with Crippen LogP contribution >= 0.6 is 0 Å². The lowest BCUT2D eigenvalue weighted by Gasteiger charge is -2.11. The molecule has 0 saturated heterocycles. The standard InChI is InChI=1S/C20H18N6O2/c1-11-9-23-15-5-4-13(10-26(11)15)16-18(20-22-6-7-28-20)25-19(21)17(24-16)14(27)8-12-2-3-12/h4-7,9-10,12H,2-3,8H2,1H3,(H2,21,25). The molecule has 0 bridgehead atoms. The number of oxazole rings is 1. The number of anilines is 1. The van der Waals surface area contributed by atoms with E-state index in [2.05, 4.69) is 19.9 Å². The third-order valence-corrected chi connectivity index (χ3v) is 4.96. The summed E-state index contributed by atoms with van der Waals surface area (Å²) in [4.78, 5) is 30.3. The second-order valence-electron chi connectivity index (χ2n) is 7.11. The summed E-state index contributed by atoms with van der Waals surface area (Å²) in [5.74, 6) is 0.765. The molecule has 140 valence electrons. The summed E-state index contributed by atoms with van der Waals surface area (Å²) in [7, 11) is 0. The molecule has 4 heterocycles. The van der Waals surface area contributed by atoms with Crippen LogP contribution < -0.4 is 5.73 Å². The molecule has 0 radical (unpaired) electrons. The van der Waals surface area contributed by atoms with Crippen molar-refractivity contribution in [2.45, 2.75) is 26.2 Å². The highest BCUT2D eigenvalue weighted by Gasteiger charge is 2.28. The Kier molecular flexibility index (Phi) is 3.71. The first-order valence-corrected chi connectivity index (χ1v) is 9.15. The maximum Gasteiger partial charge on any atom is 0.247 e. The van der Waals surface area contributed by atoms with Crippen LogP contribution in [0, 0.1) is 12.8 Å². The van der Waals surface area contributed by atoms with Crippen LogP contribution in [0.5, 0.6) is 0 Å². The van der Waals surface area contributed by atoms with Crippen LogP contribution in [0.4, 0.5) is 5.82 Å². The van der Waals surface area contributed by atoms with Crippen molar-refractivity contribution >= 4 is 17.2 Å². The van der Waals surface area contributed by atoms with E-state index in [1.54, 1.807) is 6.20 Å². The number of imidazole rings is 1. The Balaban J connectivity index is 1.70. The van der Waals surface area contributed by atoms with Gasteiger partial charge in [0, 0.05) is 30.1 Å². The fraction of sp³-hybridized carbons (Fsp3) is 0.250. The van der Waals surface area contributed by atoms with Gasteiger partial charge in [-0.05, 0) is 37.8 Å². The minimum atomic E-state index is -0.0763. The highest BCUT2D eigenvalue weighted by atomic mass is 16.3. The van der Waals surface area contributed by atoms with Gasteiger partial charge in [-0.25, -0.2) is 19.9 Å². The van der Waals surface area contributed by atoms with E-state index in [1.165, 1.54) is 12.5 Å². The first-order chi connectivity index (χ1) is 13.6. The lowest BCUT2D eigenvalue weighted by atomic mass is 10.1. The largest absolute Gasteiger partial charge is 0.443 e. The predicted molar refractivity (Wildman–Crippen MR) is 103 cm³/mol. The molecule has 0 aliphatic heterocycles. The number of hydrogen-bond acceptors (Lipinski definition) is 7. The SMILES string of the molecule is Cc1cnc2ccc(-c3nc(C(=O)CC4CC4)c(N)nc3-c3ncco3)cn12. The van der Waals surface area contributed by atoms with Crippen molar-refractivity contribution in [3.8, 4) is 22.8 Å². The van der Waals surface area contributed by atoms with Crippen molar-refractivity contribution in [2.75, 3.05) is 5.73 Å². The lowest BCUT2D eigenvalue weighted by molar-refractivity contribution is 0.0972. The Hall–Kier alpha value is -3.55. The van der Waals surface area contributed by atoms with E-state index < -0.39 is 0 Å². The number of Topliss-reactive ketones (excluding diaryl/α,β-unsaturated/α-hetero) is 1. The molecule has 1 saturated carbocycles. The van der Waals surface area contributed by atoms with Gasteiger partial charge in [0.1, 0.15) is 23.3 Å². The van der Waals surface area contributed by atoms with Crippen LogP contribution in [0.3, 0.4) is 0 Å². The van der Waals surface area contributed by atoms with E-state index in [4.69, 9.17) is 10.2 Å². The third kappa shape index (κ3) is 2.83. The topological polar surface area (TPSA) is 112 Å². The van der Waals surface area contributed by atoms with Gasteiger partial charge in [0.2, 0.25) is 5.89 Å². The minimum absolute atomic E-state index is 0.0763. The molecule has 1 aliphatic carbocycles. The number of hydrogen-bond donors (Lipinski definition) is 1. The van der Waals surface area contributed by atoms with Crippen molar-refractivity contribution in [1.29, 1.82) is 0 Å². The van der Waals surface area contributed by atoms with Gasteiger partial charge in [0.15, 0.2) is 17.3 Å². The molecule has 8 heteroatoms. The van der Waals surface area contributed by atoms with Crippen LogP contribution in [0.1, 0.15) is 35.4 Å². The molecule has 0 amide bonds. The molecule has 4 aromatic heterocycles. The molecule has 4 aromatic rings. The summed E-state index contributed by atoms with van der Waals surface area (Å²) < 4.78 is 7.39. The smallest absolute Gasteiger partial charge is 0.247 e. The number of nitrogen functional groups attached to an aromatic ring is 1. The number of ketones is 1. The van der Waals surface area contributed by atoms with Crippen molar-refractivity contribution in [3.63, 3.8) is 0 Å². The molecule has 8 nitrogen and oxygen atoms in total. The van der Waals surface area contributed by atoms with Crippen LogP contribution in [-0.2, 0) is 0 Å². The van der Waals surface area contributed by atoms with Crippen molar-refractivity contribution in [1.82, 2.24) is 24.3 Å². The fourth-order valence-corrected chi connectivity index (χ4v) is 3.27. The Morgan fingerprint density at radius 3 is 2.86 bits per heavy atom. The van der Waals surface area contributed by atoms with Gasteiger partial charge < -0.3 is 14.6 Å². The Morgan fingerprint density at radius 1 is 1.25 bits per heavy atom. The third-order valence-electron chi connectivity index (χ3n) is 4.96. The predicted octanol–water partition coefficient (Wildman–Crippen LogP) is 3.32. The average Bonchev–Trinajstić information content (AvgIpc) is 3.19. The van der Waals surface area contributed by atoms with E-state index in [9.17, 15) is 4.79 Å². The number of nitrogens with two attached hydrogens (primary N) is 1. The summed E-state index contributed by atoms with van der Waals surface area (Å²) in [6.45, 7) is 1.97. The number of aryl methyl sites for hydroxylation is 1. The first-order valence-electron chi connectivity index (χ1n) is 9.15. The van der Waals surface area contributed by atoms with Crippen LogP contribution in [0.15, 0.2) is 41.4 Å². The fourth-order valence-electron chi connectivity index (χ4n) is 3.27. The highest BCUT2D eigenvalue weighted by molar-refractivity contribution is 5.99. The second-order valence-corrected chi connectivity index (χ2v) is 7.11. The number of carbonyl (C=O) groups is 1. The molecule has 2 N–H and O–H groups in total. The van der Waals surface area contributed by atoms with E-state index in [0.29, 0.717) is 29.6 Å². The van der Waals surface area contributed by atoms with E-state index in [1.807, 2.05) is 29.7 Å². The molecule has 0 atom stereocenters. The van der Waals surface area contributed by atoms with Gasteiger partial charge in [-0.2, -0.15) is 0 Å². The molecule has 1 aliphatic rings. The second kappa shape index (κ2) is 6.26. The van der Waals surface area contributed by atoms with Crippen molar-refractivity contribution in [2.24, 2.45) is 5.92 Å². The minimum Gasteiger partial charge on any atom is -0.443 e. The van der Waals surface area contributed by atoms with Gasteiger partial charge >= 0.3 is 0 Å². The number of fused-ring (bicyclic) bond motifs is 1. The normalized spacial score (nSPS) is 13.9. The quantitative estimate of drug-likeness (QED) is 0.533. The maximum absolute atomic E-state index is 12.7. The first kappa shape index (κ1) is 16.6. The molecule has 0 spiro atoms. The molecular formula is C20H18N6O2. The van der Waals surface area contributed by atoms with Gasteiger partial charge in [0.25, 0.3) is 0 Å². The van der Waals surface area contributed by atoms with Gasteiger partial charge in [0.05, 0.1) is 6.20 Å². The molecular weight excluding hydrogens is 356 g/mol. The Morgan fingerprint density at radius 2 is 2.11 bits per heavy atom. The number of rotatable bonds is 5. The zero-order chi connectivity index (χ0) is 19.3. The maximum atomic E-state index is 12.7. The number of aromatic nitrogens is 5. The summed E-state index contributed by atoms with van der Waals surface area (Å²) in [6, 6.07) is 3.79. The summed E-state index contributed by atoms with van der Waals surface area (Å²) in [6.07, 6.45) is 9.33. The van der Waals surface area contributed by atoms with Gasteiger partial charge in [-0.1, -0.05) is 0 Å². The lowest BCUT2D eigenvalue weighted by Crippen LogP contribution is -2.12. The van der Waals surface area contributed by atoms with Gasteiger partial charge in [-0.3, -0.25) is 4.79 Å². The number of pyridine rings is 1. The average molecular weight is 374 g/mol. The zero-order valence-electron chi connectivity index (χ0n) is 15.3. The molecule has 28 heavy (non-hydrogen) atoms. The monoisotopic (exact) mass is 374 g/mol. The molecule has 0 unspecified atom stereocenters.